The number of piperidine rings is 1. The van der Waals surface area contributed by atoms with E-state index in [4.69, 9.17) is 0 Å². The van der Waals surface area contributed by atoms with E-state index in [1.165, 1.54) is 47.5 Å². The standard InChI is InChI=1S/C26H26F2N2O/c1-19-3-2-4-20(17-19)18-29-15-13-25(14-16-29)30(24-11-9-23(28)10-12-24)26(31)21-5-7-22(27)8-6-21/h2-12,17,25H,13-16,18H2,1H3. The number of hydrogen-bond acceptors (Lipinski definition) is 2. The van der Waals surface area contributed by atoms with Crippen molar-refractivity contribution in [2.75, 3.05) is 18.0 Å². The highest BCUT2D eigenvalue weighted by atomic mass is 19.1. The lowest BCUT2D eigenvalue weighted by Gasteiger charge is -2.38. The van der Waals surface area contributed by atoms with Gasteiger partial charge in [-0.25, -0.2) is 8.78 Å². The molecule has 160 valence electrons. The normalized spacial score (nSPS) is 15.1. The lowest BCUT2D eigenvalue weighted by Crippen LogP contribution is -2.47. The minimum Gasteiger partial charge on any atom is -0.305 e. The molecule has 1 amide bonds. The maximum absolute atomic E-state index is 13.5. The molecule has 0 saturated carbocycles. The Hall–Kier alpha value is -3.05. The summed E-state index contributed by atoms with van der Waals surface area (Å²) in [6.45, 7) is 4.72. The number of amides is 1. The van der Waals surface area contributed by atoms with E-state index in [2.05, 4.69) is 36.1 Å². The van der Waals surface area contributed by atoms with Crippen LogP contribution in [-0.4, -0.2) is 29.9 Å². The van der Waals surface area contributed by atoms with Crippen LogP contribution in [0.4, 0.5) is 14.5 Å². The molecule has 0 radical (unpaired) electrons. The van der Waals surface area contributed by atoms with Gasteiger partial charge in [-0.15, -0.1) is 0 Å². The van der Waals surface area contributed by atoms with Crippen molar-refractivity contribution in [3.8, 4) is 0 Å². The van der Waals surface area contributed by atoms with Crippen LogP contribution in [-0.2, 0) is 6.54 Å². The Balaban J connectivity index is 1.51. The van der Waals surface area contributed by atoms with Gasteiger partial charge in [0.2, 0.25) is 0 Å². The molecule has 0 bridgehead atoms. The molecule has 5 heteroatoms. The van der Waals surface area contributed by atoms with Crippen molar-refractivity contribution in [2.24, 2.45) is 0 Å². The highest BCUT2D eigenvalue weighted by Crippen LogP contribution is 2.27. The lowest BCUT2D eigenvalue weighted by atomic mass is 10.00. The Morgan fingerprint density at radius 1 is 0.935 bits per heavy atom. The van der Waals surface area contributed by atoms with Crippen LogP contribution >= 0.6 is 0 Å². The predicted molar refractivity (Wildman–Crippen MR) is 119 cm³/mol. The van der Waals surface area contributed by atoms with Crippen LogP contribution in [0.3, 0.4) is 0 Å². The third kappa shape index (κ3) is 5.17. The molecule has 3 aromatic rings. The molecule has 0 spiro atoms. The van der Waals surface area contributed by atoms with E-state index in [0.29, 0.717) is 11.3 Å². The van der Waals surface area contributed by atoms with Crippen molar-refractivity contribution in [3.63, 3.8) is 0 Å². The second-order valence-electron chi connectivity index (χ2n) is 8.15. The average molecular weight is 421 g/mol. The highest BCUT2D eigenvalue weighted by Gasteiger charge is 2.30. The van der Waals surface area contributed by atoms with Crippen LogP contribution in [0.15, 0.2) is 72.8 Å². The summed E-state index contributed by atoms with van der Waals surface area (Å²) in [4.78, 5) is 17.5. The van der Waals surface area contributed by atoms with Gasteiger partial charge in [-0.3, -0.25) is 9.69 Å². The molecule has 1 heterocycles. The summed E-state index contributed by atoms with van der Waals surface area (Å²) in [5.74, 6) is -0.913. The molecule has 3 aromatic carbocycles. The average Bonchev–Trinajstić information content (AvgIpc) is 2.77. The van der Waals surface area contributed by atoms with E-state index >= 15 is 0 Å². The van der Waals surface area contributed by atoms with Gasteiger partial charge in [0.1, 0.15) is 11.6 Å². The van der Waals surface area contributed by atoms with Crippen molar-refractivity contribution < 1.29 is 13.6 Å². The van der Waals surface area contributed by atoms with Gasteiger partial charge in [0.25, 0.3) is 5.91 Å². The van der Waals surface area contributed by atoms with Crippen molar-refractivity contribution in [3.05, 3.63) is 101 Å². The summed E-state index contributed by atoms with van der Waals surface area (Å²) in [7, 11) is 0. The SMILES string of the molecule is Cc1cccc(CN2CCC(N(C(=O)c3ccc(F)cc3)c3ccc(F)cc3)CC2)c1. The molecule has 1 fully saturated rings. The summed E-state index contributed by atoms with van der Waals surface area (Å²) in [5, 5.41) is 0. The minimum atomic E-state index is -0.380. The largest absolute Gasteiger partial charge is 0.305 e. The summed E-state index contributed by atoms with van der Waals surface area (Å²) >= 11 is 0. The topological polar surface area (TPSA) is 23.6 Å². The molecule has 0 unspecified atom stereocenters. The molecule has 1 saturated heterocycles. The fourth-order valence-corrected chi connectivity index (χ4v) is 4.23. The first-order chi connectivity index (χ1) is 15.0. The second kappa shape index (κ2) is 9.40. The zero-order valence-corrected chi connectivity index (χ0v) is 17.6. The van der Waals surface area contributed by atoms with Crippen LogP contribution < -0.4 is 4.90 Å². The maximum Gasteiger partial charge on any atom is 0.258 e. The van der Waals surface area contributed by atoms with E-state index in [1.807, 2.05) is 0 Å². The molecular formula is C26H26F2N2O. The van der Waals surface area contributed by atoms with Crippen LogP contribution in [0, 0.1) is 18.6 Å². The van der Waals surface area contributed by atoms with Gasteiger partial charge >= 0.3 is 0 Å². The molecule has 4 rings (SSSR count). The number of benzene rings is 3. The monoisotopic (exact) mass is 420 g/mol. The van der Waals surface area contributed by atoms with E-state index < -0.39 is 0 Å². The van der Waals surface area contributed by atoms with Crippen LogP contribution in [0.25, 0.3) is 0 Å². The first-order valence-corrected chi connectivity index (χ1v) is 10.6. The molecular weight excluding hydrogens is 394 g/mol. The zero-order chi connectivity index (χ0) is 21.8. The quantitative estimate of drug-likeness (QED) is 0.538. The summed E-state index contributed by atoms with van der Waals surface area (Å²) in [6, 6.07) is 20.1. The number of nitrogens with zero attached hydrogens (tertiary/aromatic N) is 2. The lowest BCUT2D eigenvalue weighted by molar-refractivity contribution is 0.0958. The van der Waals surface area contributed by atoms with E-state index in [9.17, 15) is 13.6 Å². The van der Waals surface area contributed by atoms with Gasteiger partial charge in [0.05, 0.1) is 0 Å². The highest BCUT2D eigenvalue weighted by molar-refractivity contribution is 6.06. The van der Waals surface area contributed by atoms with Gasteiger partial charge < -0.3 is 4.90 Å². The van der Waals surface area contributed by atoms with Gasteiger partial charge in [0, 0.05) is 36.9 Å². The fourth-order valence-electron chi connectivity index (χ4n) is 4.23. The first-order valence-electron chi connectivity index (χ1n) is 10.6. The van der Waals surface area contributed by atoms with Gasteiger partial charge in [-0.2, -0.15) is 0 Å². The van der Waals surface area contributed by atoms with Gasteiger partial charge in [-0.05, 0) is 73.9 Å². The summed E-state index contributed by atoms with van der Waals surface area (Å²) < 4.78 is 26.8. The Bertz CT molecular complexity index is 1030. The summed E-state index contributed by atoms with van der Waals surface area (Å²) in [6.07, 6.45) is 1.63. The smallest absolute Gasteiger partial charge is 0.258 e. The third-order valence-electron chi connectivity index (χ3n) is 5.83. The van der Waals surface area contributed by atoms with Crippen LogP contribution in [0.2, 0.25) is 0 Å². The molecule has 0 atom stereocenters. The number of carbonyl (C=O) groups is 1. The van der Waals surface area contributed by atoms with Crippen molar-refractivity contribution in [1.29, 1.82) is 0 Å². The molecule has 1 aliphatic rings. The third-order valence-corrected chi connectivity index (χ3v) is 5.83. The Morgan fingerprint density at radius 2 is 1.55 bits per heavy atom. The number of aryl methyl sites for hydroxylation is 1. The van der Waals surface area contributed by atoms with Crippen molar-refractivity contribution in [1.82, 2.24) is 4.90 Å². The van der Waals surface area contributed by atoms with Gasteiger partial charge in [0.15, 0.2) is 0 Å². The minimum absolute atomic E-state index is 0.00299. The number of halogens is 2. The van der Waals surface area contributed by atoms with E-state index in [-0.39, 0.29) is 23.6 Å². The summed E-state index contributed by atoms with van der Waals surface area (Å²) in [5.41, 5.74) is 3.62. The van der Waals surface area contributed by atoms with Crippen molar-refractivity contribution >= 4 is 11.6 Å². The fraction of sp³-hybridized carbons (Fsp3) is 0.269. The molecule has 1 aliphatic heterocycles. The molecule has 0 aromatic heterocycles. The first kappa shape index (κ1) is 21.2. The molecule has 3 nitrogen and oxygen atoms in total. The zero-order valence-electron chi connectivity index (χ0n) is 17.6. The Morgan fingerprint density at radius 3 is 2.16 bits per heavy atom. The molecule has 31 heavy (non-hydrogen) atoms. The molecule has 0 N–H and O–H groups in total. The predicted octanol–water partition coefficient (Wildman–Crippen LogP) is 5.58. The Kier molecular flexibility index (Phi) is 6.42. The number of hydrogen-bond donors (Lipinski definition) is 0. The van der Waals surface area contributed by atoms with E-state index in [1.54, 1.807) is 17.0 Å². The van der Waals surface area contributed by atoms with Crippen LogP contribution in [0.5, 0.6) is 0 Å². The van der Waals surface area contributed by atoms with Crippen molar-refractivity contribution in [2.45, 2.75) is 32.4 Å². The maximum atomic E-state index is 13.5. The van der Waals surface area contributed by atoms with Crippen LogP contribution in [0.1, 0.15) is 34.3 Å². The number of anilines is 1. The van der Waals surface area contributed by atoms with E-state index in [0.717, 1.165) is 32.5 Å². The molecule has 0 aliphatic carbocycles. The number of rotatable bonds is 5. The number of carbonyl (C=O) groups excluding carboxylic acids is 1. The van der Waals surface area contributed by atoms with Gasteiger partial charge in [-0.1, -0.05) is 29.8 Å². The Labute approximate surface area is 181 Å². The second-order valence-corrected chi connectivity index (χ2v) is 8.15. The number of likely N-dealkylation sites (tertiary alicyclic amines) is 1.